The van der Waals surface area contributed by atoms with Crippen molar-refractivity contribution in [3.8, 4) is 0 Å². The van der Waals surface area contributed by atoms with E-state index in [-0.39, 0.29) is 64.2 Å². The summed E-state index contributed by atoms with van der Waals surface area (Å²) in [4.78, 5) is 158. The fourth-order valence-electron chi connectivity index (χ4n) is 8.36. The zero-order valence-electron chi connectivity index (χ0n) is 54.2. The zero-order valence-corrected chi connectivity index (χ0v) is 62.8. The number of nitrogens with two attached hydrogens (primary N) is 1. The van der Waals surface area contributed by atoms with Gasteiger partial charge in [-0.25, -0.2) is 24.0 Å². The van der Waals surface area contributed by atoms with Crippen molar-refractivity contribution >= 4 is 168 Å². The monoisotopic (exact) mass is 1780 g/mol. The van der Waals surface area contributed by atoms with Crippen molar-refractivity contribution in [1.82, 2.24) is 26.1 Å². The van der Waals surface area contributed by atoms with Gasteiger partial charge in [-0.1, -0.05) is 24.3 Å². The van der Waals surface area contributed by atoms with E-state index in [1.807, 2.05) is 153 Å². The summed E-state index contributed by atoms with van der Waals surface area (Å²) in [6, 6.07) is 13.3. The number of benzene rings is 3. The molecule has 0 saturated carbocycles. The molecule has 0 spiro atoms. The van der Waals surface area contributed by atoms with Crippen LogP contribution in [-0.2, 0) is 110 Å². The first-order valence-electron chi connectivity index (χ1n) is 29.6. The smallest absolute Gasteiger partial charge is 0.407 e. The van der Waals surface area contributed by atoms with E-state index < -0.39 is 100 Å². The Morgan fingerprint density at radius 2 is 0.653 bits per heavy atom. The van der Waals surface area contributed by atoms with Gasteiger partial charge in [-0.05, 0) is 249 Å². The number of nitrogens with one attached hydrogen (secondary N) is 3. The first-order valence-corrected chi connectivity index (χ1v) is 34.0. The molecular weight excluding hydrogens is 1700 g/mol. The molecule has 2 aliphatic rings. The highest BCUT2D eigenvalue weighted by Crippen LogP contribution is 2.26. The van der Waals surface area contributed by atoms with Crippen molar-refractivity contribution in [1.29, 1.82) is 0 Å². The van der Waals surface area contributed by atoms with E-state index in [4.69, 9.17) is 50.0 Å². The minimum Gasteiger partial charge on any atom is -0.481 e. The SMILES string of the molecule is CC(C)(C)OC(=O)NCCCC(N)(CCCNC(=O)OC(C)(C)C)CCCNC(=O)OC(C)(C)C.O=C(Cc1cc(I)c(CC(=O)ON2C(=O)CCC2=O)cc1I)ON1C(=O)CCC1=O.O=C(O)Cc1cc(I)c(CC(=O)O)cc1I.O=C(O)Cc1ccc(CC(=O)O)cc1. The Bertz CT molecular complexity index is 2980. The van der Waals surface area contributed by atoms with Crippen LogP contribution in [0.1, 0.15) is 160 Å². The number of nitrogens with zero attached hydrogens (tertiary/aromatic N) is 2. The van der Waals surface area contributed by atoms with Crippen molar-refractivity contribution in [2.45, 2.75) is 187 Å². The standard InChI is InChI=1S/C25H50N4O6.C18H14I2N2O8.C10H8I2O4.C10H10O4/c1-22(2,3)33-19(30)27-16-10-13-25(26,14-11-17-28-20(31)34-23(4,5)6)15-12-18-29-21(32)35-24(7,8)9;19-11-6-10(8-18(28)30-22-15(25)3-4-16(22)26)12(20)5-9(11)7-17(27)29-21-13(23)1-2-14(21)24;11-7-1-5(3-9(13)14)8(12)2-6(7)4-10(15)16;11-9(12)5-7-1-2-8(4-3-7)6-10(13)14/h10-18,26H2,1-9H3,(H,27,30)(H,28,31)(H,29,32);5-6H,1-4,7-8H2;1-2H,3-4H2,(H,13,14)(H,15,16);1-4H,5-6H2,(H,11,12)(H,13,14). The van der Waals surface area contributed by atoms with Crippen molar-refractivity contribution in [3.05, 3.63) is 96.2 Å². The zero-order chi connectivity index (χ0) is 72.2. The number of amides is 7. The van der Waals surface area contributed by atoms with Gasteiger partial charge < -0.3 is 66.0 Å². The third-order valence-electron chi connectivity index (χ3n) is 12.5. The number of hydrogen-bond donors (Lipinski definition) is 8. The molecule has 32 heteroatoms. The van der Waals surface area contributed by atoms with Gasteiger partial charge in [-0.2, -0.15) is 0 Å². The topological polar surface area (TPSA) is 418 Å². The average molecular weight is 1780 g/mol. The van der Waals surface area contributed by atoms with Crippen LogP contribution in [0, 0.1) is 14.3 Å². The molecule has 0 atom stereocenters. The first kappa shape index (κ1) is 84.5. The van der Waals surface area contributed by atoms with Gasteiger partial charge >= 0.3 is 54.1 Å². The van der Waals surface area contributed by atoms with Crippen LogP contribution in [0.4, 0.5) is 14.4 Å². The van der Waals surface area contributed by atoms with Gasteiger partial charge in [-0.15, -0.1) is 10.1 Å². The average Bonchev–Trinajstić information content (AvgIpc) is 1.40. The van der Waals surface area contributed by atoms with Gasteiger partial charge in [0.05, 0.1) is 38.5 Å². The highest BCUT2D eigenvalue weighted by Gasteiger charge is 2.35. The number of hydroxylamine groups is 4. The van der Waals surface area contributed by atoms with Crippen LogP contribution < -0.4 is 21.7 Å². The number of imide groups is 2. The number of hydrogen-bond acceptors (Lipinski definition) is 19. The summed E-state index contributed by atoms with van der Waals surface area (Å²) < 4.78 is 18.7. The third-order valence-corrected chi connectivity index (χ3v) is 16.5. The number of alkyl carbamates (subject to hydrolysis) is 3. The lowest BCUT2D eigenvalue weighted by atomic mass is 9.85. The maximum absolute atomic E-state index is 12.1. The Hall–Kier alpha value is -6.55. The van der Waals surface area contributed by atoms with Crippen molar-refractivity contribution in [3.63, 3.8) is 0 Å². The summed E-state index contributed by atoms with van der Waals surface area (Å²) in [5.74, 6) is -7.30. The lowest BCUT2D eigenvalue weighted by molar-refractivity contribution is -0.197. The van der Waals surface area contributed by atoms with Crippen molar-refractivity contribution < 1.29 is 107 Å². The van der Waals surface area contributed by atoms with E-state index in [0.29, 0.717) is 109 Å². The highest BCUT2D eigenvalue weighted by atomic mass is 127. The molecule has 0 radical (unpaired) electrons. The van der Waals surface area contributed by atoms with Gasteiger partial charge in [0.25, 0.3) is 23.6 Å². The van der Waals surface area contributed by atoms with Crippen molar-refractivity contribution in [2.24, 2.45) is 5.73 Å². The number of carboxylic acid groups (broad SMARTS) is 4. The summed E-state index contributed by atoms with van der Waals surface area (Å²) in [6.45, 7) is 17.7. The second-order valence-electron chi connectivity index (χ2n) is 24.6. The van der Waals surface area contributed by atoms with Gasteiger partial charge in [0.1, 0.15) is 16.8 Å². The molecule has 0 unspecified atom stereocenters. The molecule has 2 saturated heterocycles. The molecule has 28 nitrogen and oxygen atoms in total. The van der Waals surface area contributed by atoms with Gasteiger partial charge in [0.15, 0.2) is 0 Å². The number of carbonyl (C=O) groups is 13. The quantitative estimate of drug-likeness (QED) is 0.0161. The molecule has 0 aromatic heterocycles. The van der Waals surface area contributed by atoms with E-state index >= 15 is 0 Å². The van der Waals surface area contributed by atoms with E-state index in [0.717, 1.165) is 7.14 Å². The third kappa shape index (κ3) is 36.4. The summed E-state index contributed by atoms with van der Waals surface area (Å²) >= 11 is 8.01. The van der Waals surface area contributed by atoms with E-state index in [1.54, 1.807) is 48.5 Å². The van der Waals surface area contributed by atoms with Gasteiger partial charge in [0, 0.05) is 65.1 Å². The fraction of sp³-hybridized carbons (Fsp3) is 0.508. The van der Waals surface area contributed by atoms with E-state index in [9.17, 15) is 62.3 Å². The van der Waals surface area contributed by atoms with Crippen LogP contribution in [0.25, 0.3) is 0 Å². The Labute approximate surface area is 604 Å². The second kappa shape index (κ2) is 40.2. The van der Waals surface area contributed by atoms with Crippen LogP contribution in [-0.4, -0.2) is 150 Å². The van der Waals surface area contributed by atoms with Crippen molar-refractivity contribution in [2.75, 3.05) is 19.6 Å². The lowest BCUT2D eigenvalue weighted by Crippen LogP contribution is -2.43. The fourth-order valence-corrected chi connectivity index (χ4v) is 11.2. The molecule has 0 aliphatic carbocycles. The number of carbonyl (C=O) groups excluding carboxylic acids is 9. The predicted molar refractivity (Wildman–Crippen MR) is 375 cm³/mol. The van der Waals surface area contributed by atoms with Crippen LogP contribution in [0.5, 0.6) is 0 Å². The molecule has 2 fully saturated rings. The summed E-state index contributed by atoms with van der Waals surface area (Å²) in [7, 11) is 0. The molecule has 95 heavy (non-hydrogen) atoms. The molecule has 0 bridgehead atoms. The Kier molecular flexibility index (Phi) is 35.8. The van der Waals surface area contributed by atoms with Crippen LogP contribution >= 0.6 is 90.4 Å². The van der Waals surface area contributed by atoms with Crippen LogP contribution in [0.15, 0.2) is 48.5 Å². The first-order chi connectivity index (χ1) is 43.9. The molecule has 2 aliphatic heterocycles. The second-order valence-corrected chi connectivity index (χ2v) is 29.2. The molecule has 524 valence electrons. The minimum atomic E-state index is -0.893. The van der Waals surface area contributed by atoms with Gasteiger partial charge in [-0.3, -0.25) is 38.4 Å². The Morgan fingerprint density at radius 3 is 0.874 bits per heavy atom. The maximum atomic E-state index is 12.1. The maximum Gasteiger partial charge on any atom is 0.407 e. The molecular formula is C63H82I4N6O22. The number of halogens is 4. The van der Waals surface area contributed by atoms with E-state index in [2.05, 4.69) is 16.0 Å². The summed E-state index contributed by atoms with van der Waals surface area (Å²) in [6.07, 6.45) is 2.23. The number of ether oxygens (including phenoxy) is 3. The molecule has 3 aromatic rings. The molecule has 7 amide bonds. The summed E-state index contributed by atoms with van der Waals surface area (Å²) in [5, 5.41) is 43.6. The highest BCUT2D eigenvalue weighted by molar-refractivity contribution is 14.1. The summed E-state index contributed by atoms with van der Waals surface area (Å²) in [5.41, 5.74) is 8.51. The van der Waals surface area contributed by atoms with Crippen LogP contribution in [0.3, 0.4) is 0 Å². The number of rotatable bonds is 26. The number of carboxylic acids is 4. The Morgan fingerprint density at radius 1 is 0.421 bits per heavy atom. The Balaban J connectivity index is 0.000000459. The molecule has 9 N–H and O–H groups in total. The predicted octanol–water partition coefficient (Wildman–Crippen LogP) is 8.88. The molecule has 5 rings (SSSR count). The van der Waals surface area contributed by atoms with E-state index in [1.165, 1.54) is 0 Å². The minimum absolute atomic E-state index is 0.0148. The molecule has 2 heterocycles. The number of aliphatic carboxylic acids is 4. The lowest BCUT2D eigenvalue weighted by Gasteiger charge is -2.30. The van der Waals surface area contributed by atoms with Gasteiger partial charge in [0.2, 0.25) is 0 Å². The normalized spacial score (nSPS) is 12.9. The van der Waals surface area contributed by atoms with Crippen LogP contribution in [0.2, 0.25) is 0 Å². The molecule has 3 aromatic carbocycles. The largest absolute Gasteiger partial charge is 0.481 e.